The molecule has 0 radical (unpaired) electrons. The molecule has 2 aromatic rings. The molecule has 1 aliphatic rings. The summed E-state index contributed by atoms with van der Waals surface area (Å²) >= 11 is 5.87. The Morgan fingerprint density at radius 1 is 1.07 bits per heavy atom. The summed E-state index contributed by atoms with van der Waals surface area (Å²) in [4.78, 5) is 26.2. The van der Waals surface area contributed by atoms with Gasteiger partial charge in [0.15, 0.2) is 0 Å². The number of rotatable bonds is 6. The van der Waals surface area contributed by atoms with E-state index in [9.17, 15) is 19.8 Å². The number of benzene rings is 2. The Kier molecular flexibility index (Phi) is 6.37. The SMILES string of the molecule is O=C(CCc1ccc(Cl)cc1)N1CC[C@](Cc2ccccc2)(C(=O)O)[C@@H](O)C1. The number of β-amino-alcohol motifs (C(OH)–C–C–N with tert-alkyl or cyclic N) is 1. The number of aliphatic hydroxyl groups is 1. The van der Waals surface area contributed by atoms with Gasteiger partial charge < -0.3 is 15.1 Å². The van der Waals surface area contributed by atoms with Crippen LogP contribution in [0.4, 0.5) is 0 Å². The van der Waals surface area contributed by atoms with Crippen molar-refractivity contribution < 1.29 is 19.8 Å². The van der Waals surface area contributed by atoms with Crippen LogP contribution in [0.25, 0.3) is 0 Å². The summed E-state index contributed by atoms with van der Waals surface area (Å²) in [6.07, 6.45) is 0.255. The highest BCUT2D eigenvalue weighted by molar-refractivity contribution is 6.30. The maximum absolute atomic E-state index is 12.6. The van der Waals surface area contributed by atoms with Crippen LogP contribution in [0.1, 0.15) is 24.0 Å². The molecule has 2 aromatic carbocycles. The number of carbonyl (C=O) groups is 2. The minimum absolute atomic E-state index is 0.0403. The molecule has 6 heteroatoms. The van der Waals surface area contributed by atoms with E-state index in [1.165, 1.54) is 0 Å². The van der Waals surface area contributed by atoms with Gasteiger partial charge in [-0.05, 0) is 42.5 Å². The third-order valence-corrected chi connectivity index (χ3v) is 5.79. The van der Waals surface area contributed by atoms with Gasteiger partial charge in [0.25, 0.3) is 0 Å². The van der Waals surface area contributed by atoms with Crippen molar-refractivity contribution in [3.63, 3.8) is 0 Å². The van der Waals surface area contributed by atoms with Crippen LogP contribution in [0.3, 0.4) is 0 Å². The number of aliphatic carboxylic acids is 1. The molecular formula is C22H24ClNO4. The fourth-order valence-electron chi connectivity index (χ4n) is 3.75. The Balaban J connectivity index is 1.63. The Morgan fingerprint density at radius 3 is 2.36 bits per heavy atom. The number of carboxylic acid groups (broad SMARTS) is 1. The third kappa shape index (κ3) is 4.54. The topological polar surface area (TPSA) is 77.8 Å². The number of hydrogen-bond donors (Lipinski definition) is 2. The molecule has 1 aliphatic heterocycles. The van der Waals surface area contributed by atoms with E-state index in [1.807, 2.05) is 42.5 Å². The normalized spacial score (nSPS) is 22.1. The van der Waals surface area contributed by atoms with Crippen molar-refractivity contribution >= 4 is 23.5 Å². The molecule has 2 N–H and O–H groups in total. The van der Waals surface area contributed by atoms with Crippen LogP contribution in [-0.4, -0.2) is 46.2 Å². The Bertz CT molecular complexity index is 824. The van der Waals surface area contributed by atoms with Crippen LogP contribution in [0.2, 0.25) is 5.02 Å². The zero-order chi connectivity index (χ0) is 20.1. The third-order valence-electron chi connectivity index (χ3n) is 5.54. The van der Waals surface area contributed by atoms with Crippen molar-refractivity contribution in [1.82, 2.24) is 4.90 Å². The van der Waals surface area contributed by atoms with E-state index in [2.05, 4.69) is 0 Å². The van der Waals surface area contributed by atoms with Crippen LogP contribution in [0, 0.1) is 5.41 Å². The van der Waals surface area contributed by atoms with E-state index < -0.39 is 17.5 Å². The summed E-state index contributed by atoms with van der Waals surface area (Å²) in [5.74, 6) is -1.09. The number of nitrogens with zero attached hydrogens (tertiary/aromatic N) is 1. The maximum Gasteiger partial charge on any atom is 0.312 e. The van der Waals surface area contributed by atoms with Gasteiger partial charge in [-0.3, -0.25) is 9.59 Å². The van der Waals surface area contributed by atoms with Crippen LogP contribution in [-0.2, 0) is 22.4 Å². The molecule has 5 nitrogen and oxygen atoms in total. The molecule has 0 unspecified atom stereocenters. The molecule has 0 saturated carbocycles. The van der Waals surface area contributed by atoms with Gasteiger partial charge in [0.05, 0.1) is 6.10 Å². The summed E-state index contributed by atoms with van der Waals surface area (Å²) in [6.45, 7) is 0.369. The smallest absolute Gasteiger partial charge is 0.312 e. The van der Waals surface area contributed by atoms with Gasteiger partial charge in [0.1, 0.15) is 5.41 Å². The molecule has 28 heavy (non-hydrogen) atoms. The number of aryl methyl sites for hydroxylation is 1. The zero-order valence-electron chi connectivity index (χ0n) is 15.6. The quantitative estimate of drug-likeness (QED) is 0.779. The van der Waals surface area contributed by atoms with Gasteiger partial charge in [0, 0.05) is 24.5 Å². The van der Waals surface area contributed by atoms with Crippen LogP contribution in [0.15, 0.2) is 54.6 Å². The minimum atomic E-state index is -1.27. The number of carbonyl (C=O) groups excluding carboxylic acids is 1. The van der Waals surface area contributed by atoms with Crippen molar-refractivity contribution in [2.45, 2.75) is 31.8 Å². The fraction of sp³-hybridized carbons (Fsp3) is 0.364. The van der Waals surface area contributed by atoms with Crippen LogP contribution in [0.5, 0.6) is 0 Å². The fourth-order valence-corrected chi connectivity index (χ4v) is 3.88. The molecule has 1 saturated heterocycles. The Labute approximate surface area is 169 Å². The Morgan fingerprint density at radius 2 is 1.75 bits per heavy atom. The van der Waals surface area contributed by atoms with E-state index in [0.29, 0.717) is 24.4 Å². The summed E-state index contributed by atoms with van der Waals surface area (Å²) in [5, 5.41) is 21.2. The second-order valence-electron chi connectivity index (χ2n) is 7.36. The molecule has 2 atom stereocenters. The van der Waals surface area contributed by atoms with E-state index in [1.54, 1.807) is 17.0 Å². The molecular weight excluding hydrogens is 378 g/mol. The molecule has 0 bridgehead atoms. The lowest BCUT2D eigenvalue weighted by Crippen LogP contribution is -2.57. The van der Waals surface area contributed by atoms with Crippen molar-refractivity contribution in [2.75, 3.05) is 13.1 Å². The Hall–Kier alpha value is -2.37. The average Bonchev–Trinajstić information content (AvgIpc) is 2.69. The maximum atomic E-state index is 12.6. The van der Waals surface area contributed by atoms with Gasteiger partial charge in [-0.1, -0.05) is 54.1 Å². The first-order valence-electron chi connectivity index (χ1n) is 9.38. The summed E-state index contributed by atoms with van der Waals surface area (Å²) in [5.41, 5.74) is 0.611. The number of halogens is 1. The number of likely N-dealkylation sites (tertiary alicyclic amines) is 1. The number of hydrogen-bond acceptors (Lipinski definition) is 3. The predicted molar refractivity (Wildman–Crippen MR) is 107 cm³/mol. The van der Waals surface area contributed by atoms with Crippen molar-refractivity contribution in [1.29, 1.82) is 0 Å². The molecule has 0 aromatic heterocycles. The molecule has 3 rings (SSSR count). The van der Waals surface area contributed by atoms with Crippen LogP contribution >= 0.6 is 11.6 Å². The van der Waals surface area contributed by atoms with Gasteiger partial charge >= 0.3 is 5.97 Å². The molecule has 1 fully saturated rings. The molecule has 1 amide bonds. The lowest BCUT2D eigenvalue weighted by atomic mass is 9.71. The van der Waals surface area contributed by atoms with Crippen molar-refractivity contribution in [3.8, 4) is 0 Å². The van der Waals surface area contributed by atoms with E-state index in [-0.39, 0.29) is 25.3 Å². The monoisotopic (exact) mass is 401 g/mol. The second kappa shape index (κ2) is 8.76. The number of amides is 1. The zero-order valence-corrected chi connectivity index (χ0v) is 16.3. The molecule has 148 valence electrons. The molecule has 0 spiro atoms. The summed E-state index contributed by atoms with van der Waals surface area (Å²) < 4.78 is 0. The highest BCUT2D eigenvalue weighted by atomic mass is 35.5. The lowest BCUT2D eigenvalue weighted by Gasteiger charge is -2.43. The van der Waals surface area contributed by atoms with E-state index in [0.717, 1.165) is 11.1 Å². The number of aliphatic hydroxyl groups excluding tert-OH is 1. The molecule has 1 heterocycles. The number of piperidine rings is 1. The summed E-state index contributed by atoms with van der Waals surface area (Å²) in [6, 6.07) is 16.6. The van der Waals surface area contributed by atoms with Gasteiger partial charge in [-0.25, -0.2) is 0 Å². The summed E-state index contributed by atoms with van der Waals surface area (Å²) in [7, 11) is 0. The first kappa shape index (κ1) is 20.4. The van der Waals surface area contributed by atoms with Gasteiger partial charge in [-0.15, -0.1) is 0 Å². The highest BCUT2D eigenvalue weighted by Crippen LogP contribution is 2.36. The average molecular weight is 402 g/mol. The first-order chi connectivity index (χ1) is 13.4. The lowest BCUT2D eigenvalue weighted by molar-refractivity contribution is -0.166. The molecule has 0 aliphatic carbocycles. The van der Waals surface area contributed by atoms with Crippen LogP contribution < -0.4 is 0 Å². The first-order valence-corrected chi connectivity index (χ1v) is 9.76. The highest BCUT2D eigenvalue weighted by Gasteiger charge is 2.49. The minimum Gasteiger partial charge on any atom is -0.481 e. The second-order valence-corrected chi connectivity index (χ2v) is 7.79. The van der Waals surface area contributed by atoms with Gasteiger partial charge in [0.2, 0.25) is 5.91 Å². The van der Waals surface area contributed by atoms with Gasteiger partial charge in [-0.2, -0.15) is 0 Å². The van der Waals surface area contributed by atoms with Crippen molar-refractivity contribution in [2.24, 2.45) is 5.41 Å². The number of carboxylic acids is 1. The van der Waals surface area contributed by atoms with E-state index in [4.69, 9.17) is 11.6 Å². The standard InChI is InChI=1S/C22H24ClNO4/c23-18-9-6-16(7-10-18)8-11-20(26)24-13-12-22(21(27)28,19(25)15-24)14-17-4-2-1-3-5-17/h1-7,9-10,19,25H,8,11-15H2,(H,27,28)/t19-,22+/m0/s1. The van der Waals surface area contributed by atoms with Crippen molar-refractivity contribution in [3.05, 3.63) is 70.7 Å². The predicted octanol–water partition coefficient (Wildman–Crippen LogP) is 3.18. The van der Waals surface area contributed by atoms with E-state index >= 15 is 0 Å². The largest absolute Gasteiger partial charge is 0.481 e.